The molecule has 1 aromatic carbocycles. The standard InChI is InChI=1S/C24H34N2O2/c1-15-12-19(13-15)23(27)25-16(2)10-11-26(3)24(28)22-20-8-4-6-17(20)14-18-7-5-9-21(18)22/h14-16,19H,4-13H2,1-3H3,(H,25,27). The maximum atomic E-state index is 13.3. The minimum absolute atomic E-state index is 0.103. The summed E-state index contributed by atoms with van der Waals surface area (Å²) in [4.78, 5) is 27.5. The van der Waals surface area contributed by atoms with Crippen LogP contribution in [0, 0.1) is 11.8 Å². The van der Waals surface area contributed by atoms with Gasteiger partial charge in [0.1, 0.15) is 0 Å². The number of fused-ring (bicyclic) bond motifs is 2. The van der Waals surface area contributed by atoms with Gasteiger partial charge in [-0.05, 0) is 92.9 Å². The number of aryl methyl sites for hydroxylation is 2. The van der Waals surface area contributed by atoms with Crippen LogP contribution in [0.5, 0.6) is 0 Å². The van der Waals surface area contributed by atoms with Crippen molar-refractivity contribution < 1.29 is 9.59 Å². The molecule has 2 amide bonds. The minimum Gasteiger partial charge on any atom is -0.353 e. The summed E-state index contributed by atoms with van der Waals surface area (Å²) in [5.41, 5.74) is 6.47. The largest absolute Gasteiger partial charge is 0.353 e. The first-order valence-electron chi connectivity index (χ1n) is 11.2. The molecule has 1 fully saturated rings. The molecule has 1 aromatic rings. The summed E-state index contributed by atoms with van der Waals surface area (Å²) in [6.45, 7) is 4.93. The second kappa shape index (κ2) is 7.88. The molecule has 0 aromatic heterocycles. The molecule has 0 radical (unpaired) electrons. The molecule has 4 heteroatoms. The smallest absolute Gasteiger partial charge is 0.254 e. The highest BCUT2D eigenvalue weighted by Crippen LogP contribution is 2.36. The molecule has 28 heavy (non-hydrogen) atoms. The molecule has 1 N–H and O–H groups in total. The number of nitrogens with zero attached hydrogens (tertiary/aromatic N) is 1. The quantitative estimate of drug-likeness (QED) is 0.816. The van der Waals surface area contributed by atoms with Crippen molar-refractivity contribution in [3.63, 3.8) is 0 Å². The van der Waals surface area contributed by atoms with Gasteiger partial charge in [0.25, 0.3) is 5.91 Å². The minimum atomic E-state index is 0.103. The van der Waals surface area contributed by atoms with E-state index in [1.165, 1.54) is 35.1 Å². The Morgan fingerprint density at radius 2 is 1.71 bits per heavy atom. The maximum Gasteiger partial charge on any atom is 0.254 e. The zero-order valence-electron chi connectivity index (χ0n) is 17.6. The van der Waals surface area contributed by atoms with Gasteiger partial charge in [0.2, 0.25) is 5.91 Å². The number of carbonyl (C=O) groups is 2. The van der Waals surface area contributed by atoms with Crippen LogP contribution in [-0.4, -0.2) is 36.3 Å². The maximum absolute atomic E-state index is 13.3. The predicted octanol–water partition coefficient (Wildman–Crippen LogP) is 3.68. The highest BCUT2D eigenvalue weighted by Gasteiger charge is 2.32. The van der Waals surface area contributed by atoms with Crippen LogP contribution >= 0.6 is 0 Å². The molecule has 0 bridgehead atoms. The van der Waals surface area contributed by atoms with Gasteiger partial charge in [0, 0.05) is 31.1 Å². The third kappa shape index (κ3) is 3.70. The van der Waals surface area contributed by atoms with Gasteiger partial charge in [-0.25, -0.2) is 0 Å². The van der Waals surface area contributed by atoms with E-state index in [4.69, 9.17) is 0 Å². The Morgan fingerprint density at radius 1 is 1.11 bits per heavy atom. The van der Waals surface area contributed by atoms with E-state index >= 15 is 0 Å². The van der Waals surface area contributed by atoms with E-state index in [1.807, 2.05) is 11.9 Å². The molecular formula is C24H34N2O2. The molecule has 152 valence electrons. The van der Waals surface area contributed by atoms with Crippen molar-refractivity contribution in [2.45, 2.75) is 77.7 Å². The third-order valence-electron chi connectivity index (χ3n) is 7.06. The van der Waals surface area contributed by atoms with Crippen LogP contribution in [0.15, 0.2) is 6.07 Å². The van der Waals surface area contributed by atoms with Crippen LogP contribution in [0.1, 0.15) is 78.6 Å². The number of benzene rings is 1. The first-order chi connectivity index (χ1) is 13.4. The van der Waals surface area contributed by atoms with Crippen LogP contribution < -0.4 is 5.32 Å². The Hall–Kier alpha value is -1.84. The van der Waals surface area contributed by atoms with E-state index in [0.29, 0.717) is 12.5 Å². The van der Waals surface area contributed by atoms with Gasteiger partial charge in [-0.2, -0.15) is 0 Å². The first-order valence-corrected chi connectivity index (χ1v) is 11.2. The summed E-state index contributed by atoms with van der Waals surface area (Å²) in [5.74, 6) is 1.26. The topological polar surface area (TPSA) is 49.4 Å². The van der Waals surface area contributed by atoms with Crippen molar-refractivity contribution in [2.24, 2.45) is 11.8 Å². The van der Waals surface area contributed by atoms with Crippen molar-refractivity contribution in [3.05, 3.63) is 33.9 Å². The second-order valence-corrected chi connectivity index (χ2v) is 9.43. The summed E-state index contributed by atoms with van der Waals surface area (Å²) in [7, 11) is 1.92. The van der Waals surface area contributed by atoms with Crippen molar-refractivity contribution in [2.75, 3.05) is 13.6 Å². The van der Waals surface area contributed by atoms with Gasteiger partial charge in [-0.1, -0.05) is 13.0 Å². The number of hydrogen-bond acceptors (Lipinski definition) is 2. The van der Waals surface area contributed by atoms with Crippen LogP contribution in [0.4, 0.5) is 0 Å². The molecule has 0 spiro atoms. The summed E-state index contributed by atoms with van der Waals surface area (Å²) < 4.78 is 0. The van der Waals surface area contributed by atoms with Crippen LogP contribution in [0.2, 0.25) is 0 Å². The Labute approximate surface area is 169 Å². The van der Waals surface area contributed by atoms with Crippen molar-refractivity contribution in [1.82, 2.24) is 10.2 Å². The Balaban J connectivity index is 1.37. The normalized spacial score (nSPS) is 23.5. The Bertz CT molecular complexity index is 747. The fourth-order valence-corrected chi connectivity index (χ4v) is 5.30. The van der Waals surface area contributed by atoms with E-state index in [-0.39, 0.29) is 23.8 Å². The summed E-state index contributed by atoms with van der Waals surface area (Å²) in [5, 5.41) is 3.14. The summed E-state index contributed by atoms with van der Waals surface area (Å²) in [6.07, 6.45) is 9.50. The number of rotatable bonds is 6. The molecule has 4 rings (SSSR count). The lowest BCUT2D eigenvalue weighted by Crippen LogP contribution is -2.43. The monoisotopic (exact) mass is 382 g/mol. The first kappa shape index (κ1) is 19.5. The van der Waals surface area contributed by atoms with E-state index in [9.17, 15) is 9.59 Å². The van der Waals surface area contributed by atoms with Gasteiger partial charge in [-0.3, -0.25) is 9.59 Å². The van der Waals surface area contributed by atoms with Crippen LogP contribution in [0.3, 0.4) is 0 Å². The fraction of sp³-hybridized carbons (Fsp3) is 0.667. The van der Waals surface area contributed by atoms with E-state index < -0.39 is 0 Å². The molecule has 1 saturated carbocycles. The lowest BCUT2D eigenvalue weighted by atomic mass is 9.75. The SMILES string of the molecule is CC1CC(C(=O)NC(C)CCN(C)C(=O)c2c3c(cc4c2CCC4)CCC3)C1. The average Bonchev–Trinajstić information content (AvgIpc) is 3.29. The van der Waals surface area contributed by atoms with Crippen molar-refractivity contribution in [1.29, 1.82) is 0 Å². The molecular weight excluding hydrogens is 348 g/mol. The molecule has 1 atom stereocenters. The van der Waals surface area contributed by atoms with Crippen molar-refractivity contribution >= 4 is 11.8 Å². The summed E-state index contributed by atoms with van der Waals surface area (Å²) >= 11 is 0. The van der Waals surface area contributed by atoms with Gasteiger partial charge >= 0.3 is 0 Å². The van der Waals surface area contributed by atoms with Gasteiger partial charge in [0.05, 0.1) is 0 Å². The summed E-state index contributed by atoms with van der Waals surface area (Å²) in [6, 6.07) is 2.48. The van der Waals surface area contributed by atoms with Gasteiger partial charge in [-0.15, -0.1) is 0 Å². The number of nitrogens with one attached hydrogen (secondary N) is 1. The Morgan fingerprint density at radius 3 is 2.29 bits per heavy atom. The number of carbonyl (C=O) groups excluding carboxylic acids is 2. The zero-order chi connectivity index (χ0) is 19.8. The zero-order valence-corrected chi connectivity index (χ0v) is 17.6. The number of amides is 2. The van der Waals surface area contributed by atoms with Crippen LogP contribution in [0.25, 0.3) is 0 Å². The lowest BCUT2D eigenvalue weighted by Gasteiger charge is -2.32. The lowest BCUT2D eigenvalue weighted by molar-refractivity contribution is -0.129. The molecule has 3 aliphatic carbocycles. The van der Waals surface area contributed by atoms with Gasteiger partial charge < -0.3 is 10.2 Å². The van der Waals surface area contributed by atoms with E-state index in [1.54, 1.807) is 0 Å². The van der Waals surface area contributed by atoms with Crippen molar-refractivity contribution in [3.8, 4) is 0 Å². The van der Waals surface area contributed by atoms with Crippen LogP contribution in [-0.2, 0) is 30.5 Å². The van der Waals surface area contributed by atoms with Gasteiger partial charge in [0.15, 0.2) is 0 Å². The predicted molar refractivity (Wildman–Crippen MR) is 112 cm³/mol. The number of hydrogen-bond donors (Lipinski definition) is 1. The Kier molecular flexibility index (Phi) is 5.48. The molecule has 0 saturated heterocycles. The van der Waals surface area contributed by atoms with E-state index in [0.717, 1.165) is 50.5 Å². The fourth-order valence-electron chi connectivity index (χ4n) is 5.30. The molecule has 3 aliphatic rings. The third-order valence-corrected chi connectivity index (χ3v) is 7.06. The molecule has 0 aliphatic heterocycles. The highest BCUT2D eigenvalue weighted by atomic mass is 16.2. The highest BCUT2D eigenvalue weighted by molar-refractivity contribution is 5.98. The second-order valence-electron chi connectivity index (χ2n) is 9.43. The molecule has 4 nitrogen and oxygen atoms in total. The molecule has 0 heterocycles. The molecule has 1 unspecified atom stereocenters. The average molecular weight is 383 g/mol. The van der Waals surface area contributed by atoms with E-state index in [2.05, 4.69) is 25.2 Å².